The highest BCUT2D eigenvalue weighted by molar-refractivity contribution is 7.13. The van der Waals surface area contributed by atoms with E-state index in [1.54, 1.807) is 11.3 Å². The number of hydrogen-bond donors (Lipinski definition) is 0. The summed E-state index contributed by atoms with van der Waals surface area (Å²) in [7, 11) is 0. The summed E-state index contributed by atoms with van der Waals surface area (Å²) in [4.78, 5) is 6.22. The van der Waals surface area contributed by atoms with Crippen molar-refractivity contribution < 1.29 is 9.26 Å². The maximum absolute atomic E-state index is 5.50. The van der Waals surface area contributed by atoms with Crippen LogP contribution >= 0.6 is 11.3 Å². The van der Waals surface area contributed by atoms with Gasteiger partial charge in [0.25, 0.3) is 0 Å². The first-order valence-electron chi connectivity index (χ1n) is 9.39. The molecule has 6 heteroatoms. The van der Waals surface area contributed by atoms with Crippen LogP contribution in [-0.4, -0.2) is 60.9 Å². The fourth-order valence-electron chi connectivity index (χ4n) is 3.77. The van der Waals surface area contributed by atoms with Crippen molar-refractivity contribution in [2.75, 3.05) is 45.9 Å². The molecule has 0 bridgehead atoms. The van der Waals surface area contributed by atoms with E-state index < -0.39 is 0 Å². The SMILES string of the molecule is c1csc(-c2cc(CN3CCC(CCN4CCOCC4)CC3)no2)c1. The minimum atomic E-state index is 0.873. The van der Waals surface area contributed by atoms with Crippen molar-refractivity contribution in [1.29, 1.82) is 0 Å². The molecule has 0 N–H and O–H groups in total. The van der Waals surface area contributed by atoms with Crippen molar-refractivity contribution in [1.82, 2.24) is 15.0 Å². The molecule has 25 heavy (non-hydrogen) atoms. The highest BCUT2D eigenvalue weighted by Crippen LogP contribution is 2.27. The monoisotopic (exact) mass is 361 g/mol. The van der Waals surface area contributed by atoms with Gasteiger partial charge in [-0.05, 0) is 56.3 Å². The number of morpholine rings is 1. The zero-order chi connectivity index (χ0) is 16.9. The summed E-state index contributed by atoms with van der Waals surface area (Å²) in [6, 6.07) is 6.22. The van der Waals surface area contributed by atoms with Crippen LogP contribution in [0.4, 0.5) is 0 Å². The van der Waals surface area contributed by atoms with E-state index in [-0.39, 0.29) is 0 Å². The summed E-state index contributed by atoms with van der Waals surface area (Å²) in [5.41, 5.74) is 1.05. The number of nitrogens with zero attached hydrogens (tertiary/aromatic N) is 3. The zero-order valence-corrected chi connectivity index (χ0v) is 15.5. The standard InChI is InChI=1S/C19H27N3O2S/c1-2-19(25-13-1)18-14-17(20-24-18)15-22-7-4-16(5-8-22)3-6-21-9-11-23-12-10-21/h1-2,13-14,16H,3-12,15H2. The molecule has 2 fully saturated rings. The lowest BCUT2D eigenvalue weighted by Crippen LogP contribution is -2.39. The Kier molecular flexibility index (Phi) is 5.82. The Morgan fingerprint density at radius 3 is 2.72 bits per heavy atom. The van der Waals surface area contributed by atoms with Gasteiger partial charge in [0.15, 0.2) is 5.76 Å². The van der Waals surface area contributed by atoms with Crippen LogP contribution < -0.4 is 0 Å². The molecule has 0 spiro atoms. The predicted octanol–water partition coefficient (Wildman–Crippen LogP) is 3.34. The average Bonchev–Trinajstić information content (AvgIpc) is 3.34. The second-order valence-electron chi connectivity index (χ2n) is 7.12. The maximum Gasteiger partial charge on any atom is 0.177 e. The Labute approximate surface area is 153 Å². The molecule has 2 aliphatic rings. The van der Waals surface area contributed by atoms with Crippen molar-refractivity contribution in [2.45, 2.75) is 25.8 Å². The van der Waals surface area contributed by atoms with E-state index in [0.29, 0.717) is 0 Å². The molecular formula is C19H27N3O2S. The Morgan fingerprint density at radius 2 is 1.96 bits per heavy atom. The van der Waals surface area contributed by atoms with E-state index in [1.807, 2.05) is 6.07 Å². The van der Waals surface area contributed by atoms with Gasteiger partial charge in [0.05, 0.1) is 23.8 Å². The second-order valence-corrected chi connectivity index (χ2v) is 8.07. The zero-order valence-electron chi connectivity index (χ0n) is 14.7. The van der Waals surface area contributed by atoms with Crippen LogP contribution in [0, 0.1) is 5.92 Å². The fraction of sp³-hybridized carbons (Fsp3) is 0.632. The molecule has 0 aromatic carbocycles. The van der Waals surface area contributed by atoms with Gasteiger partial charge in [-0.1, -0.05) is 11.2 Å². The number of ether oxygens (including phenoxy) is 1. The highest BCUT2D eigenvalue weighted by atomic mass is 32.1. The lowest BCUT2D eigenvalue weighted by Gasteiger charge is -2.33. The van der Waals surface area contributed by atoms with Gasteiger partial charge >= 0.3 is 0 Å². The van der Waals surface area contributed by atoms with E-state index in [4.69, 9.17) is 9.26 Å². The number of aromatic nitrogens is 1. The smallest absolute Gasteiger partial charge is 0.177 e. The molecule has 5 nitrogen and oxygen atoms in total. The van der Waals surface area contributed by atoms with Gasteiger partial charge in [-0.3, -0.25) is 9.80 Å². The van der Waals surface area contributed by atoms with Crippen molar-refractivity contribution >= 4 is 11.3 Å². The molecule has 0 radical (unpaired) electrons. The number of likely N-dealkylation sites (tertiary alicyclic amines) is 1. The first-order chi connectivity index (χ1) is 12.4. The van der Waals surface area contributed by atoms with Gasteiger partial charge in [0.1, 0.15) is 0 Å². The molecule has 0 unspecified atom stereocenters. The predicted molar refractivity (Wildman–Crippen MR) is 99.7 cm³/mol. The number of hydrogen-bond acceptors (Lipinski definition) is 6. The van der Waals surface area contributed by atoms with Gasteiger partial charge < -0.3 is 9.26 Å². The van der Waals surface area contributed by atoms with Crippen molar-refractivity contribution in [2.24, 2.45) is 5.92 Å². The first kappa shape index (κ1) is 17.2. The molecule has 0 atom stereocenters. The van der Waals surface area contributed by atoms with Crippen LogP contribution in [0.2, 0.25) is 0 Å². The molecule has 0 saturated carbocycles. The van der Waals surface area contributed by atoms with Crippen LogP contribution in [0.5, 0.6) is 0 Å². The van der Waals surface area contributed by atoms with Gasteiger partial charge in [-0.15, -0.1) is 11.3 Å². The normalized spacial score (nSPS) is 21.0. The van der Waals surface area contributed by atoms with Gasteiger partial charge in [-0.2, -0.15) is 0 Å². The summed E-state index contributed by atoms with van der Waals surface area (Å²) in [5.74, 6) is 1.77. The second kappa shape index (κ2) is 8.45. The third kappa shape index (κ3) is 4.70. The molecule has 2 aliphatic heterocycles. The Bertz CT molecular complexity index is 629. The number of rotatable bonds is 6. The van der Waals surface area contributed by atoms with Crippen molar-refractivity contribution in [3.05, 3.63) is 29.3 Å². The molecule has 4 rings (SSSR count). The van der Waals surface area contributed by atoms with Crippen LogP contribution in [0.15, 0.2) is 28.1 Å². The van der Waals surface area contributed by atoms with Gasteiger partial charge in [0.2, 0.25) is 0 Å². The van der Waals surface area contributed by atoms with Gasteiger partial charge in [0, 0.05) is 25.7 Å². The van der Waals surface area contributed by atoms with Crippen LogP contribution in [0.1, 0.15) is 25.0 Å². The Hall–Kier alpha value is -1.21. The molecule has 2 aromatic rings. The van der Waals surface area contributed by atoms with E-state index in [1.165, 1.54) is 38.9 Å². The highest BCUT2D eigenvalue weighted by Gasteiger charge is 2.21. The maximum atomic E-state index is 5.50. The first-order valence-corrected chi connectivity index (χ1v) is 10.3. The minimum Gasteiger partial charge on any atom is -0.379 e. The molecule has 2 aromatic heterocycles. The summed E-state index contributed by atoms with van der Waals surface area (Å²) in [6.07, 6.45) is 3.94. The van der Waals surface area contributed by atoms with Gasteiger partial charge in [-0.25, -0.2) is 0 Å². The topological polar surface area (TPSA) is 41.7 Å². The summed E-state index contributed by atoms with van der Waals surface area (Å²) >= 11 is 1.69. The van der Waals surface area contributed by atoms with Crippen LogP contribution in [0.25, 0.3) is 10.6 Å². The average molecular weight is 362 g/mol. The Balaban J connectivity index is 1.20. The molecule has 2 saturated heterocycles. The third-order valence-corrected chi connectivity index (χ3v) is 6.26. The summed E-state index contributed by atoms with van der Waals surface area (Å²) < 4.78 is 10.9. The fourth-order valence-corrected chi connectivity index (χ4v) is 4.45. The molecular weight excluding hydrogens is 334 g/mol. The lowest BCUT2D eigenvalue weighted by atomic mass is 9.93. The largest absolute Gasteiger partial charge is 0.379 e. The minimum absolute atomic E-state index is 0.873. The summed E-state index contributed by atoms with van der Waals surface area (Å²) in [5, 5.41) is 6.32. The molecule has 4 heterocycles. The number of thiophene rings is 1. The van der Waals surface area contributed by atoms with E-state index >= 15 is 0 Å². The van der Waals surface area contributed by atoms with Crippen LogP contribution in [0.3, 0.4) is 0 Å². The van der Waals surface area contributed by atoms with E-state index in [0.717, 1.165) is 55.1 Å². The lowest BCUT2D eigenvalue weighted by molar-refractivity contribution is 0.0334. The van der Waals surface area contributed by atoms with Crippen molar-refractivity contribution in [3.8, 4) is 10.6 Å². The number of piperidine rings is 1. The molecule has 136 valence electrons. The van der Waals surface area contributed by atoms with E-state index in [2.05, 4.69) is 32.5 Å². The molecule has 0 aliphatic carbocycles. The summed E-state index contributed by atoms with van der Waals surface area (Å²) in [6.45, 7) is 8.53. The third-order valence-electron chi connectivity index (χ3n) is 5.37. The van der Waals surface area contributed by atoms with E-state index in [9.17, 15) is 0 Å². The quantitative estimate of drug-likeness (QED) is 0.789. The van der Waals surface area contributed by atoms with Crippen molar-refractivity contribution in [3.63, 3.8) is 0 Å². The van der Waals surface area contributed by atoms with Crippen LogP contribution in [-0.2, 0) is 11.3 Å². The Morgan fingerprint density at radius 1 is 1.12 bits per heavy atom. The molecule has 0 amide bonds.